The van der Waals surface area contributed by atoms with E-state index in [0.29, 0.717) is 12.5 Å². The first kappa shape index (κ1) is 13.4. The van der Waals surface area contributed by atoms with Crippen molar-refractivity contribution in [3.63, 3.8) is 0 Å². The van der Waals surface area contributed by atoms with E-state index in [1.807, 2.05) is 6.92 Å². The molecule has 4 nitrogen and oxygen atoms in total. The van der Waals surface area contributed by atoms with Crippen LogP contribution in [-0.4, -0.2) is 36.2 Å². The van der Waals surface area contributed by atoms with Gasteiger partial charge in [-0.2, -0.15) is 0 Å². The van der Waals surface area contributed by atoms with Crippen LogP contribution in [0.15, 0.2) is 0 Å². The molecule has 2 atom stereocenters. The molecule has 0 heterocycles. The summed E-state index contributed by atoms with van der Waals surface area (Å²) < 4.78 is 0. The van der Waals surface area contributed by atoms with Crippen LogP contribution < -0.4 is 10.6 Å². The van der Waals surface area contributed by atoms with Gasteiger partial charge in [0.25, 0.3) is 0 Å². The average molecular weight is 202 g/mol. The van der Waals surface area contributed by atoms with Gasteiger partial charge in [0.1, 0.15) is 0 Å². The first-order valence-electron chi connectivity index (χ1n) is 5.12. The number of carbonyl (C=O) groups is 1. The number of amides is 1. The van der Waals surface area contributed by atoms with E-state index < -0.39 is 0 Å². The fourth-order valence-electron chi connectivity index (χ4n) is 1.01. The van der Waals surface area contributed by atoms with Crippen molar-refractivity contribution in [3.8, 4) is 0 Å². The lowest BCUT2D eigenvalue weighted by Crippen LogP contribution is -2.47. The summed E-state index contributed by atoms with van der Waals surface area (Å²) in [7, 11) is 0. The number of carbonyl (C=O) groups excluding carboxylic acids is 1. The first-order chi connectivity index (χ1) is 6.47. The second kappa shape index (κ2) is 6.79. The van der Waals surface area contributed by atoms with E-state index in [2.05, 4.69) is 24.5 Å². The Morgan fingerprint density at radius 1 is 1.29 bits per heavy atom. The van der Waals surface area contributed by atoms with Crippen molar-refractivity contribution in [1.82, 2.24) is 10.6 Å². The molecule has 2 unspecified atom stereocenters. The van der Waals surface area contributed by atoms with Gasteiger partial charge in [-0.25, -0.2) is 0 Å². The van der Waals surface area contributed by atoms with E-state index in [4.69, 9.17) is 5.11 Å². The molecule has 0 bridgehead atoms. The lowest BCUT2D eigenvalue weighted by Gasteiger charge is -2.18. The average Bonchev–Trinajstić information content (AvgIpc) is 2.13. The molecule has 3 N–H and O–H groups in total. The van der Waals surface area contributed by atoms with Crippen LogP contribution in [0.25, 0.3) is 0 Å². The van der Waals surface area contributed by atoms with Gasteiger partial charge in [0.05, 0.1) is 12.6 Å². The number of rotatable bonds is 6. The lowest BCUT2D eigenvalue weighted by atomic mass is 10.2. The molecule has 14 heavy (non-hydrogen) atoms. The molecule has 0 spiro atoms. The quantitative estimate of drug-likeness (QED) is 0.573. The molecule has 0 aliphatic heterocycles. The third-order valence-electron chi connectivity index (χ3n) is 1.89. The van der Waals surface area contributed by atoms with Crippen LogP contribution in [0, 0.1) is 5.92 Å². The third kappa shape index (κ3) is 5.94. The highest BCUT2D eigenvalue weighted by Gasteiger charge is 2.14. The molecule has 0 aliphatic carbocycles. The van der Waals surface area contributed by atoms with Gasteiger partial charge in [-0.3, -0.25) is 4.79 Å². The second-order valence-corrected chi connectivity index (χ2v) is 4.11. The molecule has 0 saturated carbocycles. The van der Waals surface area contributed by atoms with Crippen molar-refractivity contribution in [1.29, 1.82) is 0 Å². The monoisotopic (exact) mass is 202 g/mol. The van der Waals surface area contributed by atoms with E-state index in [0.717, 1.165) is 0 Å². The molecule has 0 saturated heterocycles. The van der Waals surface area contributed by atoms with E-state index in [1.165, 1.54) is 0 Å². The van der Waals surface area contributed by atoms with Crippen LogP contribution in [-0.2, 0) is 4.79 Å². The fraction of sp³-hybridized carbons (Fsp3) is 0.900. The van der Waals surface area contributed by atoms with E-state index in [1.54, 1.807) is 6.92 Å². The van der Waals surface area contributed by atoms with Gasteiger partial charge in [0, 0.05) is 12.6 Å². The topological polar surface area (TPSA) is 61.4 Å². The molecular formula is C10H22N2O2. The summed E-state index contributed by atoms with van der Waals surface area (Å²) in [6.07, 6.45) is 0. The number of aliphatic hydroxyl groups excluding tert-OH is 1. The smallest absolute Gasteiger partial charge is 0.236 e. The van der Waals surface area contributed by atoms with Crippen LogP contribution in [0.1, 0.15) is 27.7 Å². The zero-order valence-electron chi connectivity index (χ0n) is 9.50. The Morgan fingerprint density at radius 3 is 2.29 bits per heavy atom. The maximum atomic E-state index is 11.4. The van der Waals surface area contributed by atoms with Crippen molar-refractivity contribution >= 4 is 5.91 Å². The van der Waals surface area contributed by atoms with Gasteiger partial charge in [-0.1, -0.05) is 13.8 Å². The molecule has 0 rings (SSSR count). The number of hydrogen-bond donors (Lipinski definition) is 3. The Hall–Kier alpha value is -0.610. The SMILES string of the molecule is CC(C)CNC(=O)C(C)NC(C)CO. The molecule has 0 fully saturated rings. The van der Waals surface area contributed by atoms with Crippen molar-refractivity contribution < 1.29 is 9.90 Å². The summed E-state index contributed by atoms with van der Waals surface area (Å²) in [6.45, 7) is 8.47. The Balaban J connectivity index is 3.76. The molecule has 4 heteroatoms. The number of aliphatic hydroxyl groups is 1. The van der Waals surface area contributed by atoms with Crippen LogP contribution in [0.3, 0.4) is 0 Å². The molecule has 1 amide bonds. The van der Waals surface area contributed by atoms with Crippen LogP contribution >= 0.6 is 0 Å². The molecule has 0 aliphatic rings. The fourth-order valence-corrected chi connectivity index (χ4v) is 1.01. The van der Waals surface area contributed by atoms with E-state index >= 15 is 0 Å². The van der Waals surface area contributed by atoms with Crippen LogP contribution in [0.4, 0.5) is 0 Å². The van der Waals surface area contributed by atoms with Crippen molar-refractivity contribution in [2.24, 2.45) is 5.92 Å². The summed E-state index contributed by atoms with van der Waals surface area (Å²) in [6, 6.07) is -0.300. The molecule has 0 aromatic carbocycles. The molecular weight excluding hydrogens is 180 g/mol. The molecule has 0 radical (unpaired) electrons. The zero-order chi connectivity index (χ0) is 11.1. The van der Waals surface area contributed by atoms with Gasteiger partial charge >= 0.3 is 0 Å². The minimum atomic E-state index is -0.254. The largest absolute Gasteiger partial charge is 0.395 e. The maximum absolute atomic E-state index is 11.4. The summed E-state index contributed by atoms with van der Waals surface area (Å²) in [5, 5.41) is 14.6. The minimum Gasteiger partial charge on any atom is -0.395 e. The second-order valence-electron chi connectivity index (χ2n) is 4.11. The predicted molar refractivity (Wildman–Crippen MR) is 57.0 cm³/mol. The summed E-state index contributed by atoms with van der Waals surface area (Å²) in [5.74, 6) is 0.445. The molecule has 0 aromatic rings. The lowest BCUT2D eigenvalue weighted by molar-refractivity contribution is -0.123. The summed E-state index contributed by atoms with van der Waals surface area (Å²) in [5.41, 5.74) is 0. The standard InChI is InChI=1S/C10H22N2O2/c1-7(2)5-11-10(14)9(4)12-8(3)6-13/h7-9,12-13H,5-6H2,1-4H3,(H,11,14). The minimum absolute atomic E-state index is 0.0148. The Kier molecular flexibility index (Phi) is 6.49. The molecule has 84 valence electrons. The van der Waals surface area contributed by atoms with E-state index in [-0.39, 0.29) is 24.6 Å². The maximum Gasteiger partial charge on any atom is 0.236 e. The van der Waals surface area contributed by atoms with Gasteiger partial charge in [-0.05, 0) is 19.8 Å². The molecule has 0 aromatic heterocycles. The Labute approximate surface area is 86.1 Å². The van der Waals surface area contributed by atoms with Gasteiger partial charge in [-0.15, -0.1) is 0 Å². The predicted octanol–water partition coefficient (Wildman–Crippen LogP) is 0.118. The highest BCUT2D eigenvalue weighted by Crippen LogP contribution is 1.90. The highest BCUT2D eigenvalue weighted by molar-refractivity contribution is 5.81. The van der Waals surface area contributed by atoms with Crippen LogP contribution in [0.2, 0.25) is 0 Å². The van der Waals surface area contributed by atoms with Gasteiger partial charge < -0.3 is 15.7 Å². The summed E-state index contributed by atoms with van der Waals surface area (Å²) >= 11 is 0. The Bertz CT molecular complexity index is 172. The van der Waals surface area contributed by atoms with Crippen molar-refractivity contribution in [2.75, 3.05) is 13.2 Å². The van der Waals surface area contributed by atoms with Gasteiger partial charge in [0.15, 0.2) is 0 Å². The zero-order valence-corrected chi connectivity index (χ0v) is 9.50. The highest BCUT2D eigenvalue weighted by atomic mass is 16.3. The van der Waals surface area contributed by atoms with Crippen molar-refractivity contribution in [2.45, 2.75) is 39.8 Å². The number of nitrogens with one attached hydrogen (secondary N) is 2. The van der Waals surface area contributed by atoms with E-state index in [9.17, 15) is 4.79 Å². The van der Waals surface area contributed by atoms with Crippen LogP contribution in [0.5, 0.6) is 0 Å². The summed E-state index contributed by atoms with van der Waals surface area (Å²) in [4.78, 5) is 11.4. The Morgan fingerprint density at radius 2 is 1.86 bits per heavy atom. The van der Waals surface area contributed by atoms with Gasteiger partial charge in [0.2, 0.25) is 5.91 Å². The first-order valence-corrected chi connectivity index (χ1v) is 5.12. The normalized spacial score (nSPS) is 15.3. The van der Waals surface area contributed by atoms with Crippen molar-refractivity contribution in [3.05, 3.63) is 0 Å². The number of hydrogen-bond acceptors (Lipinski definition) is 3. The third-order valence-corrected chi connectivity index (χ3v) is 1.89.